The molecule has 0 atom stereocenters. The first-order valence-electron chi connectivity index (χ1n) is 4.37. The van der Waals surface area contributed by atoms with Gasteiger partial charge in [0.1, 0.15) is 10.2 Å². The summed E-state index contributed by atoms with van der Waals surface area (Å²) in [5.74, 6) is 6.53. The Morgan fingerprint density at radius 1 is 1.44 bits per heavy atom. The second kappa shape index (κ2) is 4.67. The summed E-state index contributed by atoms with van der Waals surface area (Å²) in [6, 6.07) is 3.66. The van der Waals surface area contributed by atoms with Crippen LogP contribution < -0.4 is 11.3 Å². The Morgan fingerprint density at radius 2 is 2.19 bits per heavy atom. The smallest absolute Gasteiger partial charge is 0.171 e. The average Bonchev–Trinajstić information content (AvgIpc) is 2.58. The third-order valence-electron chi connectivity index (χ3n) is 1.87. The number of nitrogen functional groups attached to an aromatic ring is 1. The van der Waals surface area contributed by atoms with Crippen LogP contribution in [0.4, 0.5) is 5.82 Å². The molecule has 0 aliphatic heterocycles. The van der Waals surface area contributed by atoms with Crippen LogP contribution in [0.3, 0.4) is 0 Å². The summed E-state index contributed by atoms with van der Waals surface area (Å²) < 4.78 is 1.53. The van der Waals surface area contributed by atoms with Crippen LogP contribution in [0, 0.1) is 6.92 Å². The second-order valence-electron chi connectivity index (χ2n) is 3.09. The molecule has 0 aliphatic rings. The van der Waals surface area contributed by atoms with Crippen LogP contribution in [0.2, 0.25) is 4.34 Å². The molecular formula is C9H8BrClN4S. The van der Waals surface area contributed by atoms with Crippen LogP contribution in [0.15, 0.2) is 16.6 Å². The summed E-state index contributed by atoms with van der Waals surface area (Å²) in [6.07, 6.45) is 0. The number of thiophene rings is 1. The summed E-state index contributed by atoms with van der Waals surface area (Å²) >= 11 is 10.7. The Labute approximate surface area is 110 Å². The minimum Gasteiger partial charge on any atom is -0.308 e. The standard InChI is InChI=1S/C9H8BrClN4S/c1-4-2-7(15-12)14-9(13-4)6-3-5(10)8(11)16-6/h2-3H,12H2,1H3,(H,13,14,15). The summed E-state index contributed by atoms with van der Waals surface area (Å²) in [4.78, 5) is 9.49. The number of nitrogens with zero attached hydrogens (tertiary/aromatic N) is 2. The van der Waals surface area contributed by atoms with E-state index in [0.717, 1.165) is 15.0 Å². The maximum absolute atomic E-state index is 5.97. The van der Waals surface area contributed by atoms with Crippen LogP contribution in [0.5, 0.6) is 0 Å². The number of rotatable bonds is 2. The second-order valence-corrected chi connectivity index (χ2v) is 5.60. The van der Waals surface area contributed by atoms with Crippen molar-refractivity contribution in [1.29, 1.82) is 0 Å². The largest absolute Gasteiger partial charge is 0.308 e. The number of halogens is 2. The van der Waals surface area contributed by atoms with Crippen molar-refractivity contribution in [3.8, 4) is 10.7 Å². The van der Waals surface area contributed by atoms with E-state index >= 15 is 0 Å². The van der Waals surface area contributed by atoms with Crippen molar-refractivity contribution in [3.05, 3.63) is 26.6 Å². The van der Waals surface area contributed by atoms with Gasteiger partial charge in [-0.1, -0.05) is 11.6 Å². The highest BCUT2D eigenvalue weighted by atomic mass is 79.9. The molecule has 84 valence electrons. The van der Waals surface area contributed by atoms with Gasteiger partial charge >= 0.3 is 0 Å². The van der Waals surface area contributed by atoms with Crippen molar-refractivity contribution in [3.63, 3.8) is 0 Å². The molecule has 3 N–H and O–H groups in total. The molecule has 0 spiro atoms. The number of anilines is 1. The quantitative estimate of drug-likeness (QED) is 0.659. The Bertz CT molecular complexity index is 509. The summed E-state index contributed by atoms with van der Waals surface area (Å²) in [6.45, 7) is 1.89. The van der Waals surface area contributed by atoms with Gasteiger partial charge in [0.2, 0.25) is 0 Å². The molecular weight excluding hydrogens is 312 g/mol. The molecule has 0 saturated carbocycles. The fraction of sp³-hybridized carbons (Fsp3) is 0.111. The number of aryl methyl sites for hydroxylation is 1. The lowest BCUT2D eigenvalue weighted by Crippen LogP contribution is -2.09. The van der Waals surface area contributed by atoms with Crippen LogP contribution >= 0.6 is 38.9 Å². The molecule has 2 heterocycles. The normalized spacial score (nSPS) is 10.5. The van der Waals surface area contributed by atoms with Crippen molar-refractivity contribution < 1.29 is 0 Å². The number of nitrogens with two attached hydrogens (primary N) is 1. The van der Waals surface area contributed by atoms with Crippen LogP contribution in [0.1, 0.15) is 5.69 Å². The molecule has 4 nitrogen and oxygen atoms in total. The Morgan fingerprint density at radius 3 is 2.75 bits per heavy atom. The lowest BCUT2D eigenvalue weighted by atomic mass is 10.4. The Hall–Kier alpha value is -0.690. The van der Waals surface area contributed by atoms with Gasteiger partial charge in [0.05, 0.1) is 4.88 Å². The maximum Gasteiger partial charge on any atom is 0.171 e. The predicted molar refractivity (Wildman–Crippen MR) is 70.6 cm³/mol. The molecule has 0 saturated heterocycles. The molecule has 16 heavy (non-hydrogen) atoms. The summed E-state index contributed by atoms with van der Waals surface area (Å²) in [5.41, 5.74) is 3.35. The van der Waals surface area contributed by atoms with E-state index in [4.69, 9.17) is 17.4 Å². The molecule has 2 aromatic rings. The van der Waals surface area contributed by atoms with E-state index in [1.54, 1.807) is 6.07 Å². The number of aromatic nitrogens is 2. The van der Waals surface area contributed by atoms with Gasteiger partial charge in [0, 0.05) is 16.2 Å². The zero-order chi connectivity index (χ0) is 11.7. The minimum absolute atomic E-state index is 0.586. The van der Waals surface area contributed by atoms with Gasteiger partial charge in [-0.3, -0.25) is 0 Å². The SMILES string of the molecule is Cc1cc(NN)nc(-c2cc(Br)c(Cl)s2)n1. The Balaban J connectivity index is 2.50. The molecule has 0 aliphatic carbocycles. The van der Waals surface area contributed by atoms with E-state index in [1.807, 2.05) is 13.0 Å². The van der Waals surface area contributed by atoms with E-state index in [9.17, 15) is 0 Å². The van der Waals surface area contributed by atoms with Gasteiger partial charge in [-0.15, -0.1) is 11.3 Å². The molecule has 0 radical (unpaired) electrons. The highest BCUT2D eigenvalue weighted by Crippen LogP contribution is 2.36. The van der Waals surface area contributed by atoms with Gasteiger partial charge < -0.3 is 5.43 Å². The highest BCUT2D eigenvalue weighted by molar-refractivity contribution is 9.10. The van der Waals surface area contributed by atoms with Crippen LogP contribution in [-0.2, 0) is 0 Å². The molecule has 2 rings (SSSR count). The first kappa shape index (κ1) is 11.8. The zero-order valence-electron chi connectivity index (χ0n) is 8.29. The molecule has 0 amide bonds. The fourth-order valence-electron chi connectivity index (χ4n) is 1.21. The van der Waals surface area contributed by atoms with E-state index in [2.05, 4.69) is 31.3 Å². The van der Waals surface area contributed by atoms with E-state index in [0.29, 0.717) is 16.0 Å². The van der Waals surface area contributed by atoms with E-state index < -0.39 is 0 Å². The predicted octanol–water partition coefficient (Wildman–Crippen LogP) is 3.22. The first-order chi connectivity index (χ1) is 7.60. The lowest BCUT2D eigenvalue weighted by Gasteiger charge is -2.02. The van der Waals surface area contributed by atoms with Gasteiger partial charge in [-0.2, -0.15) is 0 Å². The Kier molecular flexibility index (Phi) is 3.44. The van der Waals surface area contributed by atoms with Crippen molar-refractivity contribution in [2.45, 2.75) is 6.92 Å². The van der Waals surface area contributed by atoms with Gasteiger partial charge in [-0.05, 0) is 28.9 Å². The number of hydrazine groups is 1. The monoisotopic (exact) mass is 318 g/mol. The lowest BCUT2D eigenvalue weighted by molar-refractivity contribution is 1.10. The maximum atomic E-state index is 5.97. The molecule has 7 heteroatoms. The summed E-state index contributed by atoms with van der Waals surface area (Å²) in [5, 5.41) is 0. The number of hydrogen-bond acceptors (Lipinski definition) is 5. The molecule has 0 aromatic carbocycles. The van der Waals surface area contributed by atoms with Crippen LogP contribution in [0.25, 0.3) is 10.7 Å². The molecule has 0 bridgehead atoms. The minimum atomic E-state index is 0.586. The van der Waals surface area contributed by atoms with Crippen molar-refractivity contribution in [1.82, 2.24) is 9.97 Å². The van der Waals surface area contributed by atoms with Gasteiger partial charge in [0.25, 0.3) is 0 Å². The third-order valence-corrected chi connectivity index (χ3v) is 4.34. The highest BCUT2D eigenvalue weighted by Gasteiger charge is 2.10. The van der Waals surface area contributed by atoms with Gasteiger partial charge in [-0.25, -0.2) is 15.8 Å². The van der Waals surface area contributed by atoms with Crippen LogP contribution in [-0.4, -0.2) is 9.97 Å². The number of hydrogen-bond donors (Lipinski definition) is 2. The number of nitrogens with one attached hydrogen (secondary N) is 1. The topological polar surface area (TPSA) is 63.8 Å². The molecule has 0 unspecified atom stereocenters. The fourth-order valence-corrected chi connectivity index (χ4v) is 2.85. The zero-order valence-corrected chi connectivity index (χ0v) is 11.4. The third kappa shape index (κ3) is 2.35. The van der Waals surface area contributed by atoms with Crippen molar-refractivity contribution >= 4 is 44.7 Å². The van der Waals surface area contributed by atoms with E-state index in [-0.39, 0.29) is 0 Å². The van der Waals surface area contributed by atoms with Crippen molar-refractivity contribution in [2.24, 2.45) is 5.84 Å². The van der Waals surface area contributed by atoms with Crippen molar-refractivity contribution in [2.75, 3.05) is 5.43 Å². The summed E-state index contributed by atoms with van der Waals surface area (Å²) in [7, 11) is 0. The molecule has 0 fully saturated rings. The average molecular weight is 320 g/mol. The van der Waals surface area contributed by atoms with Gasteiger partial charge in [0.15, 0.2) is 5.82 Å². The first-order valence-corrected chi connectivity index (χ1v) is 6.36. The molecule has 2 aromatic heterocycles. The van der Waals surface area contributed by atoms with E-state index in [1.165, 1.54) is 11.3 Å².